The fraction of sp³-hybridized carbons (Fsp3) is 0.188. The number of carbonyl (C=O) groups is 1. The summed E-state index contributed by atoms with van der Waals surface area (Å²) in [6.45, 7) is 2.61. The quantitative estimate of drug-likeness (QED) is 0.756. The van der Waals surface area contributed by atoms with Crippen LogP contribution in [0.2, 0.25) is 0 Å². The first-order valence-corrected chi connectivity index (χ1v) is 7.56. The molecule has 2 N–H and O–H groups in total. The number of aryl methyl sites for hydroxylation is 1. The maximum absolute atomic E-state index is 12.0. The third-order valence-electron chi connectivity index (χ3n) is 3.45. The largest absolute Gasteiger partial charge is 0.361 e. The number of rotatable bonds is 4. The lowest BCUT2D eigenvalue weighted by Crippen LogP contribution is -2.25. The van der Waals surface area contributed by atoms with Crippen molar-refractivity contribution in [2.24, 2.45) is 0 Å². The van der Waals surface area contributed by atoms with Gasteiger partial charge in [-0.25, -0.2) is 0 Å². The van der Waals surface area contributed by atoms with Gasteiger partial charge in [-0.15, -0.1) is 0 Å². The average Bonchev–Trinajstić information content (AvgIpc) is 3.05. The SMILES string of the molecule is Cc1cscc1C(=O)NCCc1c[nH]c2ccccc12. The zero-order chi connectivity index (χ0) is 13.9. The van der Waals surface area contributed by atoms with E-state index in [0.29, 0.717) is 6.54 Å². The molecule has 0 unspecified atom stereocenters. The third kappa shape index (κ3) is 2.47. The van der Waals surface area contributed by atoms with Gasteiger partial charge in [0, 0.05) is 29.0 Å². The Labute approximate surface area is 121 Å². The monoisotopic (exact) mass is 284 g/mol. The van der Waals surface area contributed by atoms with Crippen molar-refractivity contribution < 1.29 is 4.79 Å². The molecule has 1 aromatic carbocycles. The second-order valence-electron chi connectivity index (χ2n) is 4.83. The Morgan fingerprint density at radius 3 is 2.95 bits per heavy atom. The highest BCUT2D eigenvalue weighted by Gasteiger charge is 2.09. The maximum Gasteiger partial charge on any atom is 0.252 e. The molecule has 0 bridgehead atoms. The number of benzene rings is 1. The normalized spacial score (nSPS) is 10.8. The van der Waals surface area contributed by atoms with Crippen LogP contribution in [0.5, 0.6) is 0 Å². The number of H-pyrrole nitrogens is 1. The molecule has 3 rings (SSSR count). The van der Waals surface area contributed by atoms with E-state index in [1.165, 1.54) is 10.9 Å². The molecule has 0 aliphatic carbocycles. The molecule has 0 saturated carbocycles. The molecule has 2 heterocycles. The first-order valence-electron chi connectivity index (χ1n) is 6.61. The van der Waals surface area contributed by atoms with Gasteiger partial charge >= 0.3 is 0 Å². The van der Waals surface area contributed by atoms with Crippen LogP contribution in [0.4, 0.5) is 0 Å². The Morgan fingerprint density at radius 1 is 1.30 bits per heavy atom. The van der Waals surface area contributed by atoms with Gasteiger partial charge in [0.1, 0.15) is 0 Å². The minimum Gasteiger partial charge on any atom is -0.361 e. The fourth-order valence-electron chi connectivity index (χ4n) is 2.34. The van der Waals surface area contributed by atoms with Crippen LogP contribution in [0.3, 0.4) is 0 Å². The van der Waals surface area contributed by atoms with Crippen molar-refractivity contribution in [2.75, 3.05) is 6.54 Å². The minimum absolute atomic E-state index is 0.0172. The number of fused-ring (bicyclic) bond motifs is 1. The summed E-state index contributed by atoms with van der Waals surface area (Å²) in [6, 6.07) is 8.22. The number of carbonyl (C=O) groups excluding carboxylic acids is 1. The van der Waals surface area contributed by atoms with Crippen molar-refractivity contribution in [3.05, 3.63) is 57.9 Å². The summed E-state index contributed by atoms with van der Waals surface area (Å²) >= 11 is 1.56. The van der Waals surface area contributed by atoms with Gasteiger partial charge < -0.3 is 10.3 Å². The predicted octanol–water partition coefficient (Wildman–Crippen LogP) is 3.51. The topological polar surface area (TPSA) is 44.9 Å². The van der Waals surface area contributed by atoms with E-state index in [2.05, 4.69) is 22.4 Å². The number of aromatic amines is 1. The summed E-state index contributed by atoms with van der Waals surface area (Å²) in [5.41, 5.74) is 4.21. The zero-order valence-corrected chi connectivity index (χ0v) is 12.1. The van der Waals surface area contributed by atoms with Crippen molar-refractivity contribution >= 4 is 28.1 Å². The Bertz CT molecular complexity index is 742. The van der Waals surface area contributed by atoms with Crippen LogP contribution in [0, 0.1) is 6.92 Å². The minimum atomic E-state index is 0.0172. The van der Waals surface area contributed by atoms with Crippen LogP contribution in [-0.4, -0.2) is 17.4 Å². The Hall–Kier alpha value is -2.07. The van der Waals surface area contributed by atoms with Crippen LogP contribution in [-0.2, 0) is 6.42 Å². The molecule has 102 valence electrons. The zero-order valence-electron chi connectivity index (χ0n) is 11.3. The summed E-state index contributed by atoms with van der Waals surface area (Å²) < 4.78 is 0. The highest BCUT2D eigenvalue weighted by atomic mass is 32.1. The van der Waals surface area contributed by atoms with Gasteiger partial charge in [0.25, 0.3) is 5.91 Å². The second kappa shape index (κ2) is 5.51. The highest BCUT2D eigenvalue weighted by molar-refractivity contribution is 7.08. The Kier molecular flexibility index (Phi) is 3.56. The number of hydrogen-bond acceptors (Lipinski definition) is 2. The molecule has 1 amide bonds. The molecule has 3 nitrogen and oxygen atoms in total. The van der Waals surface area contributed by atoms with Crippen LogP contribution in [0.15, 0.2) is 41.2 Å². The Morgan fingerprint density at radius 2 is 2.15 bits per heavy atom. The molecule has 4 heteroatoms. The fourth-order valence-corrected chi connectivity index (χ4v) is 3.17. The van der Waals surface area contributed by atoms with E-state index >= 15 is 0 Å². The number of para-hydroxylation sites is 1. The van der Waals surface area contributed by atoms with E-state index in [1.807, 2.05) is 36.0 Å². The Balaban J connectivity index is 1.63. The van der Waals surface area contributed by atoms with E-state index in [0.717, 1.165) is 23.1 Å². The van der Waals surface area contributed by atoms with Crippen LogP contribution in [0.25, 0.3) is 10.9 Å². The number of thiophene rings is 1. The van der Waals surface area contributed by atoms with Gasteiger partial charge in [0.15, 0.2) is 0 Å². The molecule has 3 aromatic rings. The molecule has 0 aliphatic heterocycles. The molecule has 0 spiro atoms. The maximum atomic E-state index is 12.0. The van der Waals surface area contributed by atoms with E-state index in [9.17, 15) is 4.79 Å². The highest BCUT2D eigenvalue weighted by Crippen LogP contribution is 2.18. The van der Waals surface area contributed by atoms with Crippen molar-refractivity contribution in [1.29, 1.82) is 0 Å². The van der Waals surface area contributed by atoms with Crippen LogP contribution in [0.1, 0.15) is 21.5 Å². The first kappa shape index (κ1) is 12.9. The summed E-state index contributed by atoms with van der Waals surface area (Å²) in [5, 5.41) is 8.11. The van der Waals surface area contributed by atoms with Crippen LogP contribution >= 0.6 is 11.3 Å². The van der Waals surface area contributed by atoms with Gasteiger partial charge in [-0.2, -0.15) is 11.3 Å². The standard InChI is InChI=1S/C16H16N2OS/c1-11-9-20-10-14(11)16(19)17-7-6-12-8-18-15-5-3-2-4-13(12)15/h2-5,8-10,18H,6-7H2,1H3,(H,17,19). The second-order valence-corrected chi connectivity index (χ2v) is 5.58. The number of aromatic nitrogens is 1. The van der Waals surface area contributed by atoms with E-state index in [4.69, 9.17) is 0 Å². The molecule has 0 radical (unpaired) electrons. The van der Waals surface area contributed by atoms with Gasteiger partial charge in [-0.1, -0.05) is 18.2 Å². The van der Waals surface area contributed by atoms with Crippen molar-refractivity contribution in [2.45, 2.75) is 13.3 Å². The first-order chi connectivity index (χ1) is 9.75. The number of hydrogen-bond donors (Lipinski definition) is 2. The summed E-state index contributed by atoms with van der Waals surface area (Å²) in [7, 11) is 0. The third-order valence-corrected chi connectivity index (χ3v) is 4.32. The smallest absolute Gasteiger partial charge is 0.252 e. The lowest BCUT2D eigenvalue weighted by Gasteiger charge is -2.04. The molecule has 20 heavy (non-hydrogen) atoms. The summed E-state index contributed by atoms with van der Waals surface area (Å²) in [4.78, 5) is 15.3. The van der Waals surface area contributed by atoms with Crippen molar-refractivity contribution in [3.8, 4) is 0 Å². The van der Waals surface area contributed by atoms with Gasteiger partial charge in [-0.05, 0) is 35.9 Å². The summed E-state index contributed by atoms with van der Waals surface area (Å²) in [6.07, 6.45) is 2.85. The molecular formula is C16H16N2OS. The molecule has 2 aromatic heterocycles. The molecule has 0 aliphatic rings. The number of amides is 1. The van der Waals surface area contributed by atoms with Gasteiger partial charge in [0.2, 0.25) is 0 Å². The molecule has 0 saturated heterocycles. The molecule has 0 fully saturated rings. The lowest BCUT2D eigenvalue weighted by molar-refractivity contribution is 0.0954. The van der Waals surface area contributed by atoms with E-state index < -0.39 is 0 Å². The molecular weight excluding hydrogens is 268 g/mol. The van der Waals surface area contributed by atoms with E-state index in [1.54, 1.807) is 11.3 Å². The number of nitrogens with one attached hydrogen (secondary N) is 2. The lowest BCUT2D eigenvalue weighted by atomic mass is 10.1. The van der Waals surface area contributed by atoms with Crippen molar-refractivity contribution in [1.82, 2.24) is 10.3 Å². The van der Waals surface area contributed by atoms with Gasteiger partial charge in [-0.3, -0.25) is 4.79 Å². The summed E-state index contributed by atoms with van der Waals surface area (Å²) in [5.74, 6) is 0.0172. The molecule has 0 atom stereocenters. The van der Waals surface area contributed by atoms with E-state index in [-0.39, 0.29) is 5.91 Å². The van der Waals surface area contributed by atoms with Gasteiger partial charge in [0.05, 0.1) is 5.56 Å². The van der Waals surface area contributed by atoms with Crippen molar-refractivity contribution in [3.63, 3.8) is 0 Å². The van der Waals surface area contributed by atoms with Crippen LogP contribution < -0.4 is 5.32 Å². The predicted molar refractivity (Wildman–Crippen MR) is 83.4 cm³/mol. The average molecular weight is 284 g/mol.